The van der Waals surface area contributed by atoms with Crippen molar-refractivity contribution in [2.45, 2.75) is 20.0 Å². The van der Waals surface area contributed by atoms with Crippen LogP contribution in [0.15, 0.2) is 42.5 Å². The quantitative estimate of drug-likeness (QED) is 0.475. The minimum atomic E-state index is -1.07. The summed E-state index contributed by atoms with van der Waals surface area (Å²) in [6.45, 7) is 3.28. The minimum absolute atomic E-state index is 0.00263. The number of nitro groups is 1. The van der Waals surface area contributed by atoms with Gasteiger partial charge in [0, 0.05) is 25.8 Å². The topological polar surface area (TPSA) is 102 Å². The number of amides is 1. The number of esters is 1. The van der Waals surface area contributed by atoms with Gasteiger partial charge in [-0.05, 0) is 37.6 Å². The summed E-state index contributed by atoms with van der Waals surface area (Å²) in [5.74, 6) is -1.30. The molecule has 2 rings (SSSR count). The lowest BCUT2D eigenvalue weighted by Gasteiger charge is -2.16. The predicted octanol–water partition coefficient (Wildman–Crippen LogP) is 3.15. The number of ether oxygens (including phenoxy) is 1. The van der Waals surface area contributed by atoms with Gasteiger partial charge in [0.2, 0.25) is 0 Å². The zero-order valence-corrected chi connectivity index (χ0v) is 15.6. The standard InChI is InChI=1S/C19H21N3O5/c1-12-7-5-6-8-15(12)20-18(23)13(2)27-19(24)14-9-10-16(21(3)4)17(11-14)22(25)26/h5-11,13H,1-4H3,(H,20,23). The monoisotopic (exact) mass is 371 g/mol. The molecule has 0 saturated carbocycles. The second-order valence-electron chi connectivity index (χ2n) is 6.21. The third-order valence-electron chi connectivity index (χ3n) is 3.95. The molecule has 0 spiro atoms. The molecule has 0 saturated heterocycles. The number of nitrogens with one attached hydrogen (secondary N) is 1. The fourth-order valence-corrected chi connectivity index (χ4v) is 2.40. The summed E-state index contributed by atoms with van der Waals surface area (Å²) in [5.41, 5.74) is 1.65. The lowest BCUT2D eigenvalue weighted by atomic mass is 10.1. The van der Waals surface area contributed by atoms with Crippen molar-refractivity contribution >= 4 is 28.9 Å². The molecule has 0 aliphatic rings. The normalized spacial score (nSPS) is 11.4. The molecule has 0 aliphatic carbocycles. The Morgan fingerprint density at radius 2 is 1.85 bits per heavy atom. The fourth-order valence-electron chi connectivity index (χ4n) is 2.40. The number of nitrogens with zero attached hydrogens (tertiary/aromatic N) is 2. The molecule has 1 unspecified atom stereocenters. The van der Waals surface area contributed by atoms with Gasteiger partial charge >= 0.3 is 5.97 Å². The van der Waals surface area contributed by atoms with Gasteiger partial charge in [0.1, 0.15) is 5.69 Å². The van der Waals surface area contributed by atoms with Gasteiger partial charge in [0.05, 0.1) is 10.5 Å². The van der Waals surface area contributed by atoms with Gasteiger partial charge in [-0.25, -0.2) is 4.79 Å². The van der Waals surface area contributed by atoms with E-state index in [1.165, 1.54) is 19.1 Å². The first-order chi connectivity index (χ1) is 12.7. The van der Waals surface area contributed by atoms with Crippen LogP contribution in [0.5, 0.6) is 0 Å². The van der Waals surface area contributed by atoms with E-state index in [1.54, 1.807) is 31.1 Å². The van der Waals surface area contributed by atoms with E-state index in [-0.39, 0.29) is 11.3 Å². The summed E-state index contributed by atoms with van der Waals surface area (Å²) < 4.78 is 5.16. The van der Waals surface area contributed by atoms with Crippen LogP contribution in [0.2, 0.25) is 0 Å². The summed E-state index contributed by atoms with van der Waals surface area (Å²) in [7, 11) is 3.33. The summed E-state index contributed by atoms with van der Waals surface area (Å²) >= 11 is 0. The van der Waals surface area contributed by atoms with Gasteiger partial charge in [0.15, 0.2) is 6.10 Å². The molecule has 1 amide bonds. The van der Waals surface area contributed by atoms with Crippen molar-refractivity contribution in [2.75, 3.05) is 24.3 Å². The molecule has 0 aromatic heterocycles. The number of rotatable bonds is 6. The molecule has 0 aliphatic heterocycles. The Hall–Kier alpha value is -3.42. The predicted molar refractivity (Wildman–Crippen MR) is 102 cm³/mol. The summed E-state index contributed by atoms with van der Waals surface area (Å²) in [6.07, 6.45) is -1.07. The maximum atomic E-state index is 12.3. The van der Waals surface area contributed by atoms with Crippen LogP contribution < -0.4 is 10.2 Å². The van der Waals surface area contributed by atoms with Crippen molar-refractivity contribution in [3.8, 4) is 0 Å². The molecular formula is C19H21N3O5. The number of aryl methyl sites for hydroxylation is 1. The summed E-state index contributed by atoms with van der Waals surface area (Å²) in [4.78, 5) is 36.8. The molecule has 27 heavy (non-hydrogen) atoms. The van der Waals surface area contributed by atoms with Crippen LogP contribution in [0.4, 0.5) is 17.1 Å². The zero-order chi connectivity index (χ0) is 20.1. The number of carbonyl (C=O) groups excluding carboxylic acids is 2. The molecule has 2 aromatic carbocycles. The van der Waals surface area contributed by atoms with Gasteiger partial charge in [-0.2, -0.15) is 0 Å². The molecular weight excluding hydrogens is 350 g/mol. The Balaban J connectivity index is 2.12. The molecule has 0 radical (unpaired) electrons. The van der Waals surface area contributed by atoms with Gasteiger partial charge in [-0.1, -0.05) is 18.2 Å². The van der Waals surface area contributed by atoms with Crippen molar-refractivity contribution in [3.63, 3.8) is 0 Å². The van der Waals surface area contributed by atoms with Gasteiger partial charge in [0.25, 0.3) is 11.6 Å². The molecule has 2 aromatic rings. The van der Waals surface area contributed by atoms with Crippen molar-refractivity contribution in [1.29, 1.82) is 0 Å². The lowest BCUT2D eigenvalue weighted by molar-refractivity contribution is -0.384. The van der Waals surface area contributed by atoms with E-state index >= 15 is 0 Å². The molecule has 1 atom stereocenters. The van der Waals surface area contributed by atoms with Crippen LogP contribution in [0.1, 0.15) is 22.8 Å². The molecule has 8 nitrogen and oxygen atoms in total. The Morgan fingerprint density at radius 3 is 2.44 bits per heavy atom. The number of hydrogen-bond donors (Lipinski definition) is 1. The Bertz CT molecular complexity index is 879. The largest absolute Gasteiger partial charge is 0.449 e. The van der Waals surface area contributed by atoms with E-state index < -0.39 is 22.9 Å². The number of carbonyl (C=O) groups is 2. The summed E-state index contributed by atoms with van der Waals surface area (Å²) in [6, 6.07) is 11.2. The lowest BCUT2D eigenvalue weighted by Crippen LogP contribution is -2.30. The highest BCUT2D eigenvalue weighted by Gasteiger charge is 2.23. The highest BCUT2D eigenvalue weighted by atomic mass is 16.6. The minimum Gasteiger partial charge on any atom is -0.449 e. The highest BCUT2D eigenvalue weighted by Crippen LogP contribution is 2.28. The number of benzene rings is 2. The Kier molecular flexibility index (Phi) is 6.12. The molecule has 142 valence electrons. The third-order valence-corrected chi connectivity index (χ3v) is 3.95. The molecule has 8 heteroatoms. The average molecular weight is 371 g/mol. The molecule has 1 N–H and O–H groups in total. The SMILES string of the molecule is Cc1ccccc1NC(=O)C(C)OC(=O)c1ccc(N(C)C)c([N+](=O)[O-])c1. The average Bonchev–Trinajstić information content (AvgIpc) is 2.62. The van der Waals surface area contributed by atoms with Crippen molar-refractivity contribution in [3.05, 3.63) is 63.7 Å². The Labute approximate surface area is 156 Å². The van der Waals surface area contributed by atoms with Crippen LogP contribution in [0.3, 0.4) is 0 Å². The molecule has 0 bridgehead atoms. The maximum Gasteiger partial charge on any atom is 0.339 e. The van der Waals surface area contributed by atoms with Crippen LogP contribution in [0, 0.1) is 17.0 Å². The van der Waals surface area contributed by atoms with E-state index in [0.29, 0.717) is 11.4 Å². The van der Waals surface area contributed by atoms with E-state index in [4.69, 9.17) is 4.74 Å². The smallest absolute Gasteiger partial charge is 0.339 e. The maximum absolute atomic E-state index is 12.3. The van der Waals surface area contributed by atoms with Crippen molar-refractivity contribution < 1.29 is 19.2 Å². The zero-order valence-electron chi connectivity index (χ0n) is 15.6. The number of para-hydroxylation sites is 1. The van der Waals surface area contributed by atoms with E-state index in [0.717, 1.165) is 11.6 Å². The van der Waals surface area contributed by atoms with Gasteiger partial charge < -0.3 is 15.0 Å². The van der Waals surface area contributed by atoms with Crippen LogP contribution >= 0.6 is 0 Å². The second-order valence-corrected chi connectivity index (χ2v) is 6.21. The fraction of sp³-hybridized carbons (Fsp3) is 0.263. The first-order valence-corrected chi connectivity index (χ1v) is 8.24. The van der Waals surface area contributed by atoms with Gasteiger partial charge in [-0.3, -0.25) is 14.9 Å². The van der Waals surface area contributed by atoms with E-state index in [2.05, 4.69) is 5.32 Å². The van der Waals surface area contributed by atoms with E-state index in [1.807, 2.05) is 19.1 Å². The number of nitro benzene ring substituents is 1. The van der Waals surface area contributed by atoms with E-state index in [9.17, 15) is 19.7 Å². The van der Waals surface area contributed by atoms with Crippen LogP contribution in [-0.2, 0) is 9.53 Å². The second kappa shape index (κ2) is 8.31. The van der Waals surface area contributed by atoms with Crippen LogP contribution in [-0.4, -0.2) is 37.0 Å². The van der Waals surface area contributed by atoms with Crippen molar-refractivity contribution in [1.82, 2.24) is 0 Å². The third kappa shape index (κ3) is 4.81. The first kappa shape index (κ1) is 19.9. The number of hydrogen-bond acceptors (Lipinski definition) is 6. The van der Waals surface area contributed by atoms with Crippen LogP contribution in [0.25, 0.3) is 0 Å². The number of anilines is 2. The highest BCUT2D eigenvalue weighted by molar-refractivity contribution is 5.98. The van der Waals surface area contributed by atoms with Gasteiger partial charge in [-0.15, -0.1) is 0 Å². The molecule has 0 fully saturated rings. The molecule has 0 heterocycles. The van der Waals surface area contributed by atoms with Crippen molar-refractivity contribution in [2.24, 2.45) is 0 Å². The first-order valence-electron chi connectivity index (χ1n) is 8.24. The summed E-state index contributed by atoms with van der Waals surface area (Å²) in [5, 5.41) is 13.9. The Morgan fingerprint density at radius 1 is 1.19 bits per heavy atom.